The fourth-order valence-electron chi connectivity index (χ4n) is 4.36. The molecular formula is C26H28ClN3O4S. The summed E-state index contributed by atoms with van der Waals surface area (Å²) in [6.07, 6.45) is 2.43. The third kappa shape index (κ3) is 5.66. The predicted molar refractivity (Wildman–Crippen MR) is 138 cm³/mol. The smallest absolute Gasteiger partial charge is 0.256 e. The van der Waals surface area contributed by atoms with Crippen LogP contribution in [0.1, 0.15) is 43.0 Å². The lowest BCUT2D eigenvalue weighted by Crippen LogP contribution is -2.46. The second kappa shape index (κ2) is 10.8. The Bertz CT molecular complexity index is 1350. The van der Waals surface area contributed by atoms with Crippen molar-refractivity contribution in [1.29, 1.82) is 0 Å². The first-order valence-electron chi connectivity index (χ1n) is 11.7. The number of hydrogen-bond acceptors (Lipinski definition) is 4. The maximum Gasteiger partial charge on any atom is 0.256 e. The van der Waals surface area contributed by atoms with Crippen LogP contribution in [0.15, 0.2) is 65.6 Å². The molecule has 0 aromatic heterocycles. The van der Waals surface area contributed by atoms with Gasteiger partial charge in [-0.05, 0) is 48.9 Å². The summed E-state index contributed by atoms with van der Waals surface area (Å²) in [6.45, 7) is 3.04. The molecule has 1 aliphatic rings. The van der Waals surface area contributed by atoms with Crippen molar-refractivity contribution >= 4 is 49.9 Å². The van der Waals surface area contributed by atoms with Gasteiger partial charge in [0.05, 0.1) is 15.6 Å². The van der Waals surface area contributed by atoms with E-state index in [4.69, 9.17) is 11.6 Å². The summed E-state index contributed by atoms with van der Waals surface area (Å²) in [4.78, 5) is 27.1. The fraction of sp³-hybridized carbons (Fsp3) is 0.308. The van der Waals surface area contributed by atoms with Gasteiger partial charge in [-0.1, -0.05) is 54.9 Å². The number of anilines is 1. The van der Waals surface area contributed by atoms with E-state index in [1.165, 1.54) is 12.1 Å². The Hall–Kier alpha value is -2.94. The monoisotopic (exact) mass is 513 g/mol. The highest BCUT2D eigenvalue weighted by Gasteiger charge is 2.28. The number of hydrogen-bond donors (Lipinski definition) is 2. The number of para-hydroxylation sites is 1. The molecule has 1 aliphatic heterocycles. The van der Waals surface area contributed by atoms with Gasteiger partial charge in [0.15, 0.2) is 0 Å². The van der Waals surface area contributed by atoms with Crippen molar-refractivity contribution in [3.05, 3.63) is 71.2 Å². The van der Waals surface area contributed by atoms with Crippen LogP contribution >= 0.6 is 11.6 Å². The maximum absolute atomic E-state index is 13.3. The molecule has 0 radical (unpaired) electrons. The van der Waals surface area contributed by atoms with Gasteiger partial charge in [0.1, 0.15) is 0 Å². The molecule has 0 atom stereocenters. The molecule has 0 unspecified atom stereocenters. The molecule has 3 aromatic rings. The topological polar surface area (TPSA) is 95.6 Å². The van der Waals surface area contributed by atoms with E-state index < -0.39 is 10.0 Å². The van der Waals surface area contributed by atoms with Crippen molar-refractivity contribution in [2.45, 2.75) is 43.5 Å². The minimum Gasteiger partial charge on any atom is -0.343 e. The first kappa shape index (κ1) is 25.2. The maximum atomic E-state index is 13.3. The number of benzene rings is 3. The molecule has 35 heavy (non-hydrogen) atoms. The zero-order valence-electron chi connectivity index (χ0n) is 19.5. The summed E-state index contributed by atoms with van der Waals surface area (Å²) in [5, 5.41) is 4.20. The van der Waals surface area contributed by atoms with Gasteiger partial charge in [0.2, 0.25) is 15.9 Å². The predicted octanol–water partition coefficient (Wildman–Crippen LogP) is 4.81. The van der Waals surface area contributed by atoms with Crippen LogP contribution < -0.4 is 10.0 Å². The summed E-state index contributed by atoms with van der Waals surface area (Å²) in [5.74, 6) is -0.263. The van der Waals surface area contributed by atoms with E-state index in [-0.39, 0.29) is 22.8 Å². The van der Waals surface area contributed by atoms with Gasteiger partial charge in [-0.15, -0.1) is 0 Å². The molecular weight excluding hydrogens is 486 g/mol. The highest BCUT2D eigenvalue weighted by molar-refractivity contribution is 7.89. The highest BCUT2D eigenvalue weighted by atomic mass is 35.5. The second-order valence-electron chi connectivity index (χ2n) is 8.62. The van der Waals surface area contributed by atoms with E-state index in [0.29, 0.717) is 59.4 Å². The van der Waals surface area contributed by atoms with Crippen LogP contribution in [0.2, 0.25) is 5.02 Å². The van der Waals surface area contributed by atoms with Crippen LogP contribution in [0.5, 0.6) is 0 Å². The van der Waals surface area contributed by atoms with E-state index in [1.807, 2.05) is 6.92 Å². The van der Waals surface area contributed by atoms with E-state index in [2.05, 4.69) is 10.0 Å². The van der Waals surface area contributed by atoms with Crippen LogP contribution in [0.25, 0.3) is 10.8 Å². The molecule has 0 bridgehead atoms. The average molecular weight is 514 g/mol. The van der Waals surface area contributed by atoms with Gasteiger partial charge in [0.25, 0.3) is 5.91 Å². The molecule has 1 heterocycles. The van der Waals surface area contributed by atoms with Crippen LogP contribution in [-0.2, 0) is 14.8 Å². The third-order valence-electron chi connectivity index (χ3n) is 6.17. The lowest BCUT2D eigenvalue weighted by molar-refractivity contribution is -0.132. The summed E-state index contributed by atoms with van der Waals surface area (Å²) >= 11 is 6.17. The fourth-order valence-corrected chi connectivity index (χ4v) is 6.06. The molecule has 3 aromatic carbocycles. The molecule has 184 valence electrons. The number of carbonyl (C=O) groups is 2. The first-order valence-corrected chi connectivity index (χ1v) is 13.5. The SMILES string of the molecule is CCCC(=O)N1CCC(NS(=O)(=O)c2ccc(C(=O)Nc3ccccc3Cl)c3ccccc23)CC1. The number of nitrogens with one attached hydrogen (secondary N) is 2. The summed E-state index contributed by atoms with van der Waals surface area (Å²) in [5.41, 5.74) is 0.826. The van der Waals surface area contributed by atoms with Crippen molar-refractivity contribution in [1.82, 2.24) is 9.62 Å². The lowest BCUT2D eigenvalue weighted by atomic mass is 10.0. The Morgan fingerprint density at radius 2 is 1.63 bits per heavy atom. The number of halogens is 1. The zero-order valence-corrected chi connectivity index (χ0v) is 21.0. The van der Waals surface area contributed by atoms with E-state index in [9.17, 15) is 18.0 Å². The number of fused-ring (bicyclic) bond motifs is 1. The Balaban J connectivity index is 1.56. The number of likely N-dealkylation sites (tertiary alicyclic amines) is 1. The van der Waals surface area contributed by atoms with Crippen molar-refractivity contribution in [2.75, 3.05) is 18.4 Å². The second-order valence-corrected chi connectivity index (χ2v) is 10.7. The molecule has 1 saturated heterocycles. The molecule has 4 rings (SSSR count). The van der Waals surface area contributed by atoms with Crippen LogP contribution in [-0.4, -0.2) is 44.3 Å². The van der Waals surface area contributed by atoms with Gasteiger partial charge in [-0.25, -0.2) is 13.1 Å². The van der Waals surface area contributed by atoms with Gasteiger partial charge in [-0.2, -0.15) is 0 Å². The molecule has 2 N–H and O–H groups in total. The number of rotatable bonds is 7. The molecule has 1 fully saturated rings. The molecule has 0 saturated carbocycles. The first-order chi connectivity index (χ1) is 16.8. The van der Waals surface area contributed by atoms with Gasteiger partial charge in [-0.3, -0.25) is 9.59 Å². The third-order valence-corrected chi connectivity index (χ3v) is 8.08. The quantitative estimate of drug-likeness (QED) is 0.473. The lowest BCUT2D eigenvalue weighted by Gasteiger charge is -2.32. The Morgan fingerprint density at radius 1 is 0.971 bits per heavy atom. The van der Waals surface area contributed by atoms with Crippen molar-refractivity contribution in [2.24, 2.45) is 0 Å². The van der Waals surface area contributed by atoms with Crippen LogP contribution in [0.3, 0.4) is 0 Å². The van der Waals surface area contributed by atoms with E-state index >= 15 is 0 Å². The Labute approximate surface area is 210 Å². The van der Waals surface area contributed by atoms with Gasteiger partial charge < -0.3 is 10.2 Å². The normalized spacial score (nSPS) is 14.7. The molecule has 7 nitrogen and oxygen atoms in total. The minimum atomic E-state index is -3.85. The minimum absolute atomic E-state index is 0.116. The Kier molecular flexibility index (Phi) is 7.74. The summed E-state index contributed by atoms with van der Waals surface area (Å²) < 4.78 is 29.5. The highest BCUT2D eigenvalue weighted by Crippen LogP contribution is 2.29. The Morgan fingerprint density at radius 3 is 2.31 bits per heavy atom. The molecule has 0 aliphatic carbocycles. The van der Waals surface area contributed by atoms with Crippen molar-refractivity contribution in [3.63, 3.8) is 0 Å². The standard InChI is InChI=1S/C26H28ClN3O4S/c1-2-7-25(31)30-16-14-18(15-17-30)29-35(33,34)24-13-12-21(19-8-3-4-9-20(19)24)26(32)28-23-11-6-5-10-22(23)27/h3-6,8-13,18,29H,2,7,14-17H2,1H3,(H,28,32). The summed E-state index contributed by atoms with van der Waals surface area (Å²) in [7, 11) is -3.85. The molecule has 2 amide bonds. The largest absolute Gasteiger partial charge is 0.343 e. The average Bonchev–Trinajstić information content (AvgIpc) is 2.85. The van der Waals surface area contributed by atoms with Crippen LogP contribution in [0.4, 0.5) is 5.69 Å². The van der Waals surface area contributed by atoms with Crippen molar-refractivity contribution in [3.8, 4) is 0 Å². The molecule has 9 heteroatoms. The summed E-state index contributed by atoms with van der Waals surface area (Å²) in [6, 6.07) is 16.6. The molecule has 0 spiro atoms. The van der Waals surface area contributed by atoms with E-state index in [0.717, 1.165) is 6.42 Å². The van der Waals surface area contributed by atoms with Crippen molar-refractivity contribution < 1.29 is 18.0 Å². The number of amides is 2. The number of nitrogens with zero attached hydrogens (tertiary/aromatic N) is 1. The van der Waals surface area contributed by atoms with Gasteiger partial charge >= 0.3 is 0 Å². The number of sulfonamides is 1. The van der Waals surface area contributed by atoms with Gasteiger partial charge in [0, 0.05) is 36.5 Å². The number of piperidine rings is 1. The zero-order chi connectivity index (χ0) is 25.0. The number of carbonyl (C=O) groups excluding carboxylic acids is 2. The van der Waals surface area contributed by atoms with Crippen LogP contribution in [0, 0.1) is 0 Å². The van der Waals surface area contributed by atoms with E-state index in [1.54, 1.807) is 53.4 Å².